The molecule has 538 valence electrons. The molecule has 105 heavy (non-hydrogen) atoms. The highest BCUT2D eigenvalue weighted by molar-refractivity contribution is 5.78. The van der Waals surface area contributed by atoms with Crippen molar-refractivity contribution in [2.45, 2.75) is 165 Å². The topological polar surface area (TPSA) is 34.1 Å². The zero-order valence-corrected chi connectivity index (χ0v) is 64.4. The fourth-order valence-electron chi connectivity index (χ4n) is 12.1. The van der Waals surface area contributed by atoms with E-state index in [0.717, 1.165) is 73.4 Å². The Kier molecular flexibility index (Phi) is 36.6. The van der Waals surface area contributed by atoms with E-state index in [1.165, 1.54) is 175 Å². The first kappa shape index (κ1) is 81.8. The van der Waals surface area contributed by atoms with Gasteiger partial charge in [0.15, 0.2) is 0 Å². The second kappa shape index (κ2) is 46.9. The third-order valence-electron chi connectivity index (χ3n) is 18.7. The van der Waals surface area contributed by atoms with Crippen LogP contribution in [0.4, 0.5) is 0 Å². The lowest BCUT2D eigenvalue weighted by Gasteiger charge is -2.05. The Morgan fingerprint density at radius 2 is 0.438 bits per heavy atom. The summed E-state index contributed by atoms with van der Waals surface area (Å²) in [5, 5.41) is 0. The molecule has 12 aromatic carbocycles. The van der Waals surface area contributed by atoms with E-state index >= 15 is 0 Å². The number of aldehydes is 2. The minimum Gasteiger partial charge on any atom is -0.298 e. The normalized spacial score (nSPS) is 10.4. The van der Waals surface area contributed by atoms with Gasteiger partial charge in [-0.25, -0.2) is 0 Å². The van der Waals surface area contributed by atoms with E-state index in [2.05, 4.69) is 324 Å². The highest BCUT2D eigenvalue weighted by atomic mass is 16.1. The summed E-state index contributed by atoms with van der Waals surface area (Å²) in [7, 11) is 0. The molecule has 12 aromatic rings. The van der Waals surface area contributed by atoms with E-state index < -0.39 is 0 Å². The number of rotatable bonds is 26. The van der Waals surface area contributed by atoms with E-state index in [4.69, 9.17) is 0 Å². The molecule has 0 saturated carbocycles. The van der Waals surface area contributed by atoms with Gasteiger partial charge in [0, 0.05) is 11.1 Å². The smallest absolute Gasteiger partial charge is 0.150 e. The fourth-order valence-corrected chi connectivity index (χ4v) is 12.1. The van der Waals surface area contributed by atoms with Crippen LogP contribution in [0.2, 0.25) is 0 Å². The van der Waals surface area contributed by atoms with E-state index in [9.17, 15) is 9.59 Å². The summed E-state index contributed by atoms with van der Waals surface area (Å²) in [5.41, 5.74) is 30.2. The van der Waals surface area contributed by atoms with Crippen LogP contribution in [0.25, 0.3) is 66.8 Å². The Hall–Kier alpha value is -10.5. The zero-order valence-electron chi connectivity index (χ0n) is 64.4. The van der Waals surface area contributed by atoms with Crippen LogP contribution in [0.1, 0.15) is 175 Å². The Bertz CT molecular complexity index is 4370. The number of hydrogen-bond acceptors (Lipinski definition) is 2. The average Bonchev–Trinajstić information content (AvgIpc) is 0.907. The van der Waals surface area contributed by atoms with Crippen LogP contribution < -0.4 is 0 Å². The number of hydrogen-bond donors (Lipinski definition) is 0. The third kappa shape index (κ3) is 29.6. The van der Waals surface area contributed by atoms with Crippen molar-refractivity contribution in [3.63, 3.8) is 0 Å². The molecule has 0 unspecified atom stereocenters. The molecule has 0 saturated heterocycles. The molecule has 12 rings (SSSR count). The molecule has 2 nitrogen and oxygen atoms in total. The summed E-state index contributed by atoms with van der Waals surface area (Å²) < 4.78 is 0. The van der Waals surface area contributed by atoms with Gasteiger partial charge in [-0.3, -0.25) is 9.59 Å². The summed E-state index contributed by atoms with van der Waals surface area (Å²) in [4.78, 5) is 21.2. The first-order valence-electron chi connectivity index (χ1n) is 38.5. The summed E-state index contributed by atoms with van der Waals surface area (Å²) in [5.74, 6) is 0. The van der Waals surface area contributed by atoms with Crippen molar-refractivity contribution >= 4 is 12.6 Å². The highest BCUT2D eigenvalue weighted by Gasteiger charge is 2.05. The van der Waals surface area contributed by atoms with E-state index in [0.29, 0.717) is 0 Å². The molecular formula is C103H114O2. The molecule has 0 aliphatic rings. The SMILES string of the molecule is C/C=C/CCc1ccc(-c2ccc(C)cc2)cc1.C=CCCc1ccc(-c2ccc(C)cc2)cc1.CCCCCc1ccc(-c2ccc(C)cc2)cc1.CCCCCc1ccc(-c2ccc(C=O)cc2)cc1.CCCc1ccc(-c2ccc(C)cc2)cc1.CCCc1ccc(-c2ccc(C=O)cc2)cc1. The minimum absolute atomic E-state index is 0.719. The molecule has 0 aromatic heterocycles. The lowest BCUT2D eigenvalue weighted by molar-refractivity contribution is 0.111. The lowest BCUT2D eigenvalue weighted by atomic mass is 10.0. The largest absolute Gasteiger partial charge is 0.298 e. The van der Waals surface area contributed by atoms with Gasteiger partial charge in [0.25, 0.3) is 0 Å². The Morgan fingerprint density at radius 1 is 0.238 bits per heavy atom. The van der Waals surface area contributed by atoms with Gasteiger partial charge in [-0.1, -0.05) is 398 Å². The van der Waals surface area contributed by atoms with E-state index in [1.54, 1.807) is 0 Å². The molecule has 0 bridgehead atoms. The van der Waals surface area contributed by atoms with Crippen LogP contribution in [-0.4, -0.2) is 12.6 Å². The lowest BCUT2D eigenvalue weighted by Crippen LogP contribution is -1.86. The predicted octanol–water partition coefficient (Wildman–Crippen LogP) is 29.0. The molecular weight excluding hydrogens is 1270 g/mol. The molecule has 0 heterocycles. The highest BCUT2D eigenvalue weighted by Crippen LogP contribution is 2.27. The number of aryl methyl sites for hydroxylation is 10. The van der Waals surface area contributed by atoms with Crippen LogP contribution in [0.5, 0.6) is 0 Å². The number of allylic oxidation sites excluding steroid dienone is 3. The van der Waals surface area contributed by atoms with Crippen LogP contribution in [0.3, 0.4) is 0 Å². The van der Waals surface area contributed by atoms with Crippen molar-refractivity contribution in [3.05, 3.63) is 383 Å². The first-order chi connectivity index (χ1) is 51.3. The van der Waals surface area contributed by atoms with Crippen molar-refractivity contribution in [2.75, 3.05) is 0 Å². The number of benzene rings is 12. The van der Waals surface area contributed by atoms with Gasteiger partial charge >= 0.3 is 0 Å². The van der Waals surface area contributed by atoms with Crippen LogP contribution in [0, 0.1) is 27.7 Å². The zero-order chi connectivity index (χ0) is 74.6. The molecule has 2 heteroatoms. The van der Waals surface area contributed by atoms with Gasteiger partial charge in [0.05, 0.1) is 0 Å². The molecule has 0 spiro atoms. The van der Waals surface area contributed by atoms with Gasteiger partial charge < -0.3 is 0 Å². The van der Waals surface area contributed by atoms with Gasteiger partial charge in [-0.15, -0.1) is 6.58 Å². The second-order valence-electron chi connectivity index (χ2n) is 27.5. The molecule has 0 radical (unpaired) electrons. The minimum atomic E-state index is 0.719. The molecule has 0 N–H and O–H groups in total. The van der Waals surface area contributed by atoms with Crippen molar-refractivity contribution in [1.82, 2.24) is 0 Å². The molecule has 0 fully saturated rings. The molecule has 0 atom stereocenters. The van der Waals surface area contributed by atoms with Gasteiger partial charge in [-0.05, 0) is 199 Å². The monoisotopic (exact) mass is 1380 g/mol. The quantitative estimate of drug-likeness (QED) is 0.0308. The predicted molar refractivity (Wildman–Crippen MR) is 457 cm³/mol. The van der Waals surface area contributed by atoms with Crippen LogP contribution >= 0.6 is 0 Å². The Labute approximate surface area is 632 Å². The molecule has 0 aliphatic heterocycles. The van der Waals surface area contributed by atoms with Crippen molar-refractivity contribution in [3.8, 4) is 66.8 Å². The van der Waals surface area contributed by atoms with Crippen molar-refractivity contribution < 1.29 is 9.59 Å². The maximum absolute atomic E-state index is 10.6. The van der Waals surface area contributed by atoms with Gasteiger partial charge in [0.2, 0.25) is 0 Å². The molecule has 0 aliphatic carbocycles. The van der Waals surface area contributed by atoms with Crippen molar-refractivity contribution in [2.24, 2.45) is 0 Å². The second-order valence-corrected chi connectivity index (χ2v) is 27.5. The summed E-state index contributed by atoms with van der Waals surface area (Å²) >= 11 is 0. The van der Waals surface area contributed by atoms with Gasteiger partial charge in [0.1, 0.15) is 12.6 Å². The molecule has 0 amide bonds. The standard InChI is InChI=1S/C18H20O.C18H22.C18H20.C17H18.C16H16O.C16H18/c1-2-3-4-5-15-6-10-17(11-7-15)18-12-8-16(14-19)9-13-18;2*1-3-4-5-6-16-9-13-18(14-10-16)17-11-7-15(2)8-12-17;1-3-4-5-15-8-12-17(13-9-15)16-10-6-14(2)7-11-16;1-2-3-13-4-8-15(9-5-13)16-10-6-14(12-17)7-11-16;1-3-4-14-7-11-16(12-8-14)15-9-5-13(2)6-10-15/h6-14H,2-5H2,1H3;7-14H,3-6H2,1-2H3;3-4,7-14H,5-6H2,1-2H3;3,6-13H,1,4-5H2,2H3;4-12H,2-3H2,1H3;5-12H,3-4H2,1-2H3/b;;4-3+;;;. The van der Waals surface area contributed by atoms with Crippen molar-refractivity contribution in [1.29, 1.82) is 0 Å². The Morgan fingerprint density at radius 3 is 0.638 bits per heavy atom. The average molecular weight is 1380 g/mol. The number of unbranched alkanes of at least 4 members (excludes halogenated alkanes) is 4. The maximum Gasteiger partial charge on any atom is 0.150 e. The van der Waals surface area contributed by atoms with E-state index in [-0.39, 0.29) is 0 Å². The summed E-state index contributed by atoms with van der Waals surface area (Å²) in [6.45, 7) is 23.2. The summed E-state index contributed by atoms with van der Waals surface area (Å²) in [6, 6.07) is 103. The van der Waals surface area contributed by atoms with Crippen LogP contribution in [-0.2, 0) is 38.5 Å². The fraction of sp³-hybridized carbons (Fsp3) is 0.243. The Balaban J connectivity index is 0.000000176. The number of carbonyl (C=O) groups is 2. The summed E-state index contributed by atoms with van der Waals surface area (Å²) in [6.07, 6.45) is 27.2. The maximum atomic E-state index is 10.6. The van der Waals surface area contributed by atoms with Crippen LogP contribution in [0.15, 0.2) is 316 Å². The third-order valence-corrected chi connectivity index (χ3v) is 18.7. The van der Waals surface area contributed by atoms with Gasteiger partial charge in [-0.2, -0.15) is 0 Å². The first-order valence-corrected chi connectivity index (χ1v) is 38.5. The number of carbonyl (C=O) groups excluding carboxylic acids is 2. The van der Waals surface area contributed by atoms with E-state index in [1.807, 2.05) is 54.6 Å².